The molecule has 1 atom stereocenters. The summed E-state index contributed by atoms with van der Waals surface area (Å²) in [4.78, 5) is 20.1. The highest BCUT2D eigenvalue weighted by Gasteiger charge is 2.34. The van der Waals surface area contributed by atoms with Crippen LogP contribution >= 0.6 is 11.3 Å². The molecule has 0 saturated heterocycles. The van der Waals surface area contributed by atoms with Crippen molar-refractivity contribution < 1.29 is 9.47 Å². The van der Waals surface area contributed by atoms with Gasteiger partial charge >= 0.3 is 0 Å². The smallest absolute Gasteiger partial charge is 0.271 e. The van der Waals surface area contributed by atoms with Gasteiger partial charge in [0.15, 0.2) is 4.80 Å². The number of aryl methyl sites for hydroxylation is 1. The summed E-state index contributed by atoms with van der Waals surface area (Å²) >= 11 is 1.40. The third-order valence-electron chi connectivity index (χ3n) is 7.82. The molecule has 4 aromatic carbocycles. The van der Waals surface area contributed by atoms with Gasteiger partial charge in [0, 0.05) is 16.7 Å². The van der Waals surface area contributed by atoms with Crippen molar-refractivity contribution in [1.82, 2.24) is 4.57 Å². The number of rotatable bonds is 5. The number of methoxy groups -OCH3 is 1. The molecule has 0 radical (unpaired) electrons. The Morgan fingerprint density at radius 1 is 1.00 bits per heavy atom. The lowest BCUT2D eigenvalue weighted by atomic mass is 9.83. The largest absolute Gasteiger partial charge is 0.496 e. The third kappa shape index (κ3) is 4.18. The molecule has 0 amide bonds. The van der Waals surface area contributed by atoms with Gasteiger partial charge in [0.05, 0.1) is 23.4 Å². The number of terminal acetylenes is 1. The zero-order chi connectivity index (χ0) is 27.9. The van der Waals surface area contributed by atoms with E-state index in [4.69, 9.17) is 20.9 Å². The van der Waals surface area contributed by atoms with E-state index in [1.807, 2.05) is 71.3 Å². The maximum Gasteiger partial charge on any atom is 0.271 e. The molecule has 0 spiro atoms. The SMILES string of the molecule is C#CCOc1ccc2ccccc2c1/C=c1/sc2n(c1=O)C(c1ccccc1OC)C1=C(N=2)c2ccccc2CC1. The van der Waals surface area contributed by atoms with Crippen LogP contribution in [0.2, 0.25) is 0 Å². The minimum absolute atomic E-state index is 0.0918. The average molecular weight is 555 g/mol. The molecule has 7 rings (SSSR count). The maximum atomic E-state index is 14.3. The summed E-state index contributed by atoms with van der Waals surface area (Å²) in [5, 5.41) is 2.04. The first kappa shape index (κ1) is 25.1. The molecule has 0 N–H and O–H groups in total. The lowest BCUT2D eigenvalue weighted by Gasteiger charge is -2.31. The molecule has 1 aliphatic heterocycles. The molecule has 0 bridgehead atoms. The number of nitrogens with zero attached hydrogens (tertiary/aromatic N) is 2. The Morgan fingerprint density at radius 2 is 1.80 bits per heavy atom. The second kappa shape index (κ2) is 10.3. The summed E-state index contributed by atoms with van der Waals surface area (Å²) in [5.41, 5.74) is 6.18. The first-order valence-electron chi connectivity index (χ1n) is 13.5. The van der Waals surface area contributed by atoms with Crippen molar-refractivity contribution in [3.8, 4) is 23.8 Å². The molecule has 1 aromatic heterocycles. The highest BCUT2D eigenvalue weighted by Crippen LogP contribution is 2.43. The molecule has 6 heteroatoms. The van der Waals surface area contributed by atoms with E-state index in [1.165, 1.54) is 16.9 Å². The lowest BCUT2D eigenvalue weighted by Crippen LogP contribution is -2.39. The van der Waals surface area contributed by atoms with Crippen LogP contribution in [0.15, 0.2) is 100 Å². The van der Waals surface area contributed by atoms with Crippen LogP contribution in [-0.4, -0.2) is 18.3 Å². The average Bonchev–Trinajstić information content (AvgIpc) is 3.33. The molecule has 5 aromatic rings. The van der Waals surface area contributed by atoms with Gasteiger partial charge in [-0.2, -0.15) is 0 Å². The Balaban J connectivity index is 1.52. The molecule has 2 aliphatic rings. The maximum absolute atomic E-state index is 14.3. The van der Waals surface area contributed by atoms with Crippen LogP contribution in [0.1, 0.15) is 34.7 Å². The zero-order valence-corrected chi connectivity index (χ0v) is 23.3. The minimum atomic E-state index is -0.322. The van der Waals surface area contributed by atoms with Crippen molar-refractivity contribution in [1.29, 1.82) is 0 Å². The lowest BCUT2D eigenvalue weighted by molar-refractivity contribution is 0.370. The summed E-state index contributed by atoms with van der Waals surface area (Å²) < 4.78 is 14.2. The normalized spacial score (nSPS) is 15.9. The quantitative estimate of drug-likeness (QED) is 0.270. The molecule has 0 saturated carbocycles. The van der Waals surface area contributed by atoms with E-state index >= 15 is 0 Å². The van der Waals surface area contributed by atoms with Crippen LogP contribution < -0.4 is 24.4 Å². The number of benzene rings is 4. The topological polar surface area (TPSA) is 52.8 Å². The van der Waals surface area contributed by atoms with E-state index in [1.54, 1.807) is 7.11 Å². The molecule has 5 nitrogen and oxygen atoms in total. The highest BCUT2D eigenvalue weighted by molar-refractivity contribution is 7.07. The molecular formula is C35H26N2O3S. The minimum Gasteiger partial charge on any atom is -0.496 e. The van der Waals surface area contributed by atoms with Gasteiger partial charge in [-0.3, -0.25) is 9.36 Å². The van der Waals surface area contributed by atoms with E-state index in [0.29, 0.717) is 15.1 Å². The Kier molecular flexibility index (Phi) is 6.30. The van der Waals surface area contributed by atoms with Crippen molar-refractivity contribution in [2.24, 2.45) is 4.99 Å². The number of allylic oxidation sites excluding steroid dienone is 1. The zero-order valence-electron chi connectivity index (χ0n) is 22.5. The number of fused-ring (bicyclic) bond motifs is 4. The predicted molar refractivity (Wildman–Crippen MR) is 164 cm³/mol. The van der Waals surface area contributed by atoms with Crippen molar-refractivity contribution in [2.75, 3.05) is 13.7 Å². The summed E-state index contributed by atoms with van der Waals surface area (Å²) in [6.07, 6.45) is 9.14. The Morgan fingerprint density at radius 3 is 2.68 bits per heavy atom. The van der Waals surface area contributed by atoms with Crippen LogP contribution in [-0.2, 0) is 6.42 Å². The summed E-state index contributed by atoms with van der Waals surface area (Å²) in [7, 11) is 1.67. The second-order valence-corrected chi connectivity index (χ2v) is 11.1. The fourth-order valence-electron chi connectivity index (χ4n) is 5.99. The fourth-order valence-corrected chi connectivity index (χ4v) is 6.97. The highest BCUT2D eigenvalue weighted by atomic mass is 32.1. The number of ether oxygens (including phenoxy) is 2. The van der Waals surface area contributed by atoms with Crippen molar-refractivity contribution in [3.63, 3.8) is 0 Å². The van der Waals surface area contributed by atoms with Crippen LogP contribution in [0.3, 0.4) is 0 Å². The van der Waals surface area contributed by atoms with Gasteiger partial charge in [-0.05, 0) is 53.0 Å². The van der Waals surface area contributed by atoms with Gasteiger partial charge in [-0.15, -0.1) is 6.42 Å². The molecule has 200 valence electrons. The van der Waals surface area contributed by atoms with E-state index in [-0.39, 0.29) is 18.2 Å². The van der Waals surface area contributed by atoms with Crippen LogP contribution in [0.25, 0.3) is 22.5 Å². The van der Waals surface area contributed by atoms with E-state index < -0.39 is 0 Å². The van der Waals surface area contributed by atoms with Gasteiger partial charge in [0.1, 0.15) is 18.1 Å². The van der Waals surface area contributed by atoms with Gasteiger partial charge in [-0.1, -0.05) is 90.1 Å². The fraction of sp³-hybridized carbons (Fsp3) is 0.143. The van der Waals surface area contributed by atoms with E-state index in [0.717, 1.165) is 57.3 Å². The molecule has 1 aliphatic carbocycles. The van der Waals surface area contributed by atoms with Crippen LogP contribution in [0.5, 0.6) is 11.5 Å². The third-order valence-corrected chi connectivity index (χ3v) is 8.81. The number of thiazole rings is 1. The van der Waals surface area contributed by atoms with Crippen LogP contribution in [0, 0.1) is 12.3 Å². The van der Waals surface area contributed by atoms with Crippen LogP contribution in [0.4, 0.5) is 0 Å². The number of para-hydroxylation sites is 1. The molecule has 1 unspecified atom stereocenters. The number of aromatic nitrogens is 1. The second-order valence-electron chi connectivity index (χ2n) is 10.0. The molecular weight excluding hydrogens is 528 g/mol. The number of hydrogen-bond acceptors (Lipinski definition) is 5. The monoisotopic (exact) mass is 554 g/mol. The first-order chi connectivity index (χ1) is 20.2. The summed E-state index contributed by atoms with van der Waals surface area (Å²) in [6.45, 7) is 0.139. The number of hydrogen-bond donors (Lipinski definition) is 0. The molecule has 41 heavy (non-hydrogen) atoms. The van der Waals surface area contributed by atoms with Crippen molar-refractivity contribution in [3.05, 3.63) is 132 Å². The van der Waals surface area contributed by atoms with E-state index in [2.05, 4.69) is 30.2 Å². The molecule has 0 fully saturated rings. The standard InChI is InChI=1S/C35H26N2O3S/c1-3-20-40-30-19-17-22-10-4-6-12-24(22)28(30)21-31-34(38)37-33(26-14-8-9-15-29(26)39-2)27-18-16-23-11-5-7-13-25(23)32(27)36-35(37)41-31/h1,4-15,17,19,21,33H,16,18,20H2,2H3/b31-21+. The van der Waals surface area contributed by atoms with Gasteiger partial charge < -0.3 is 9.47 Å². The van der Waals surface area contributed by atoms with E-state index in [9.17, 15) is 4.79 Å². The van der Waals surface area contributed by atoms with Crippen molar-refractivity contribution in [2.45, 2.75) is 18.9 Å². The Labute approximate surface area is 241 Å². The van der Waals surface area contributed by atoms with Gasteiger partial charge in [0.25, 0.3) is 5.56 Å². The molecule has 2 heterocycles. The van der Waals surface area contributed by atoms with Gasteiger partial charge in [-0.25, -0.2) is 4.99 Å². The first-order valence-corrected chi connectivity index (χ1v) is 14.3. The summed E-state index contributed by atoms with van der Waals surface area (Å²) in [6, 6.07) is 28.0. The van der Waals surface area contributed by atoms with Crippen molar-refractivity contribution >= 4 is 33.9 Å². The van der Waals surface area contributed by atoms with Gasteiger partial charge in [0.2, 0.25) is 0 Å². The summed E-state index contributed by atoms with van der Waals surface area (Å²) in [5.74, 6) is 3.94. The predicted octanol–water partition coefficient (Wildman–Crippen LogP) is 5.49. The Bertz CT molecular complexity index is 2090. The Hall–Kier alpha value is -4.86.